The normalized spacial score (nSPS) is 10.8. The summed E-state index contributed by atoms with van der Waals surface area (Å²) in [5.41, 5.74) is 3.81. The lowest BCUT2D eigenvalue weighted by atomic mass is 10.3. The average Bonchev–Trinajstić information content (AvgIpc) is 2.95. The van der Waals surface area contributed by atoms with Crippen molar-refractivity contribution in [3.8, 4) is 0 Å². The van der Waals surface area contributed by atoms with Gasteiger partial charge in [-0.05, 0) is 18.2 Å². The van der Waals surface area contributed by atoms with Crippen LogP contribution in [0.15, 0.2) is 29.8 Å². The molecule has 108 valence electrons. The van der Waals surface area contributed by atoms with Crippen LogP contribution in [0, 0.1) is 0 Å². The molecule has 0 atom stereocenters. The van der Waals surface area contributed by atoms with Crippen molar-refractivity contribution in [3.63, 3.8) is 0 Å². The molecule has 0 unspecified atom stereocenters. The molecule has 0 aliphatic rings. The minimum atomic E-state index is 0.373. The summed E-state index contributed by atoms with van der Waals surface area (Å²) in [5, 5.41) is 6.31. The number of rotatable bonds is 5. The molecule has 0 aliphatic carbocycles. The molecule has 0 fully saturated rings. The highest BCUT2D eigenvalue weighted by Gasteiger charge is 2.05. The van der Waals surface area contributed by atoms with Crippen molar-refractivity contribution in [2.45, 2.75) is 6.61 Å². The molecular weight excluding hydrogens is 286 g/mol. The van der Waals surface area contributed by atoms with Gasteiger partial charge >= 0.3 is 0 Å². The van der Waals surface area contributed by atoms with E-state index in [1.54, 1.807) is 18.4 Å². The highest BCUT2D eigenvalue weighted by Crippen LogP contribution is 2.24. The highest BCUT2D eigenvalue weighted by atomic mass is 32.1. The second-order valence-electron chi connectivity index (χ2n) is 4.40. The summed E-state index contributed by atoms with van der Waals surface area (Å²) in [6, 6.07) is 7.89. The summed E-state index contributed by atoms with van der Waals surface area (Å²) in [7, 11) is 3.45. The fourth-order valence-corrected chi connectivity index (χ4v) is 2.68. The molecule has 1 aromatic carbocycles. The quantitative estimate of drug-likeness (QED) is 0.755. The molecule has 6 nitrogen and oxygen atoms in total. The lowest BCUT2D eigenvalue weighted by Gasteiger charge is -2.09. The van der Waals surface area contributed by atoms with Crippen LogP contribution < -0.4 is 10.6 Å². The summed E-state index contributed by atoms with van der Waals surface area (Å²) >= 11 is 1.61. The van der Waals surface area contributed by atoms with Gasteiger partial charge in [0.25, 0.3) is 0 Å². The number of methoxy groups -OCH3 is 1. The van der Waals surface area contributed by atoms with Crippen LogP contribution in [-0.2, 0) is 11.3 Å². The Morgan fingerprint density at radius 3 is 2.86 bits per heavy atom. The van der Waals surface area contributed by atoms with Gasteiger partial charge in [-0.25, -0.2) is 15.0 Å². The first-order valence-electron chi connectivity index (χ1n) is 6.43. The van der Waals surface area contributed by atoms with Gasteiger partial charge in [0, 0.05) is 25.9 Å². The number of ether oxygens (including phenoxy) is 1. The van der Waals surface area contributed by atoms with Crippen LogP contribution in [-0.4, -0.2) is 29.1 Å². The third-order valence-corrected chi connectivity index (χ3v) is 3.70. The molecular formula is C14H15N5OS. The Morgan fingerprint density at radius 1 is 1.19 bits per heavy atom. The van der Waals surface area contributed by atoms with Crippen molar-refractivity contribution in [1.29, 1.82) is 0 Å². The van der Waals surface area contributed by atoms with E-state index in [1.807, 2.05) is 30.8 Å². The van der Waals surface area contributed by atoms with Gasteiger partial charge in [0.1, 0.15) is 18.2 Å². The molecule has 0 bridgehead atoms. The van der Waals surface area contributed by atoms with Gasteiger partial charge in [-0.3, -0.25) is 0 Å². The van der Waals surface area contributed by atoms with Gasteiger partial charge in [0.15, 0.2) is 5.82 Å². The fourth-order valence-electron chi connectivity index (χ4n) is 1.96. The van der Waals surface area contributed by atoms with Crippen LogP contribution in [0.3, 0.4) is 0 Å². The van der Waals surface area contributed by atoms with E-state index < -0.39 is 0 Å². The number of nitrogens with one attached hydrogen (secondary N) is 2. The molecule has 7 heteroatoms. The maximum absolute atomic E-state index is 5.09. The van der Waals surface area contributed by atoms with E-state index >= 15 is 0 Å². The maximum Gasteiger partial charge on any atom is 0.158 e. The molecule has 0 radical (unpaired) electrons. The van der Waals surface area contributed by atoms with Crippen LogP contribution in [0.4, 0.5) is 17.3 Å². The van der Waals surface area contributed by atoms with Gasteiger partial charge < -0.3 is 15.4 Å². The lowest BCUT2D eigenvalue weighted by molar-refractivity contribution is 0.178. The van der Waals surface area contributed by atoms with Gasteiger partial charge in [-0.2, -0.15) is 0 Å². The summed E-state index contributed by atoms with van der Waals surface area (Å²) < 4.78 is 6.23. The van der Waals surface area contributed by atoms with E-state index in [-0.39, 0.29) is 0 Å². The monoisotopic (exact) mass is 301 g/mol. The molecule has 0 spiro atoms. The van der Waals surface area contributed by atoms with E-state index in [0.717, 1.165) is 27.5 Å². The van der Waals surface area contributed by atoms with Crippen molar-refractivity contribution in [3.05, 3.63) is 35.6 Å². The number of benzene rings is 1. The zero-order valence-electron chi connectivity index (χ0n) is 11.8. The second-order valence-corrected chi connectivity index (χ2v) is 5.28. The predicted octanol–water partition coefficient (Wildman–Crippen LogP) is 3.02. The lowest BCUT2D eigenvalue weighted by Crippen LogP contribution is -2.04. The predicted molar refractivity (Wildman–Crippen MR) is 85.2 cm³/mol. The molecule has 21 heavy (non-hydrogen) atoms. The maximum atomic E-state index is 5.09. The number of hydrogen-bond donors (Lipinski definition) is 2. The third kappa shape index (κ3) is 3.09. The zero-order chi connectivity index (χ0) is 14.7. The SMILES string of the molecule is CNc1cc(Nc2ccc3ncsc3c2)nc(COC)n1. The molecule has 0 saturated carbocycles. The molecule has 3 rings (SSSR count). The first kappa shape index (κ1) is 13.7. The van der Waals surface area contributed by atoms with Crippen LogP contribution in [0.5, 0.6) is 0 Å². The van der Waals surface area contributed by atoms with Crippen LogP contribution in [0.25, 0.3) is 10.2 Å². The molecule has 0 aliphatic heterocycles. The number of hydrogen-bond acceptors (Lipinski definition) is 7. The van der Waals surface area contributed by atoms with Crippen molar-refractivity contribution in [2.75, 3.05) is 24.8 Å². The van der Waals surface area contributed by atoms with Crippen molar-refractivity contribution in [2.24, 2.45) is 0 Å². The van der Waals surface area contributed by atoms with Gasteiger partial charge in [0.05, 0.1) is 15.7 Å². The summed E-state index contributed by atoms with van der Waals surface area (Å²) in [5.74, 6) is 2.11. The van der Waals surface area contributed by atoms with E-state index in [9.17, 15) is 0 Å². The molecule has 3 aromatic rings. The number of aromatic nitrogens is 3. The van der Waals surface area contributed by atoms with Crippen molar-refractivity contribution in [1.82, 2.24) is 15.0 Å². The van der Waals surface area contributed by atoms with E-state index in [0.29, 0.717) is 12.4 Å². The Bertz CT molecular complexity index is 758. The van der Waals surface area contributed by atoms with Gasteiger partial charge in [-0.1, -0.05) is 0 Å². The van der Waals surface area contributed by atoms with Crippen LogP contribution in [0.1, 0.15) is 5.82 Å². The largest absolute Gasteiger partial charge is 0.377 e. The Balaban J connectivity index is 1.90. The second kappa shape index (κ2) is 6.02. The zero-order valence-corrected chi connectivity index (χ0v) is 12.6. The Labute approximate surface area is 126 Å². The van der Waals surface area contributed by atoms with Gasteiger partial charge in [-0.15, -0.1) is 11.3 Å². The number of nitrogens with zero attached hydrogens (tertiary/aromatic N) is 3. The van der Waals surface area contributed by atoms with Crippen molar-refractivity contribution >= 4 is 38.9 Å². The van der Waals surface area contributed by atoms with Crippen LogP contribution in [0.2, 0.25) is 0 Å². The topological polar surface area (TPSA) is 72.0 Å². The summed E-state index contributed by atoms with van der Waals surface area (Å²) in [4.78, 5) is 13.0. The summed E-state index contributed by atoms with van der Waals surface area (Å²) in [6.45, 7) is 0.373. The molecule has 2 aromatic heterocycles. The van der Waals surface area contributed by atoms with Gasteiger partial charge in [0.2, 0.25) is 0 Å². The standard InChI is InChI=1S/C14H15N5OS/c1-15-12-6-13(19-14(18-12)7-20-2)17-9-3-4-10-11(5-9)21-8-16-10/h3-6,8H,7H2,1-2H3,(H2,15,17,18,19). The van der Waals surface area contributed by atoms with E-state index in [1.165, 1.54) is 0 Å². The number of fused-ring (bicyclic) bond motifs is 1. The van der Waals surface area contributed by atoms with E-state index in [2.05, 4.69) is 31.7 Å². The highest BCUT2D eigenvalue weighted by molar-refractivity contribution is 7.16. The minimum Gasteiger partial charge on any atom is -0.377 e. The average molecular weight is 301 g/mol. The Kier molecular flexibility index (Phi) is 3.94. The van der Waals surface area contributed by atoms with Crippen molar-refractivity contribution < 1.29 is 4.74 Å². The summed E-state index contributed by atoms with van der Waals surface area (Å²) in [6.07, 6.45) is 0. The first-order valence-corrected chi connectivity index (χ1v) is 7.31. The fraction of sp³-hybridized carbons (Fsp3) is 0.214. The number of thiazole rings is 1. The molecule has 2 heterocycles. The van der Waals surface area contributed by atoms with E-state index in [4.69, 9.17) is 4.74 Å². The first-order chi connectivity index (χ1) is 10.3. The smallest absolute Gasteiger partial charge is 0.158 e. The minimum absolute atomic E-state index is 0.373. The molecule has 0 amide bonds. The molecule has 2 N–H and O–H groups in total. The Morgan fingerprint density at radius 2 is 2.05 bits per heavy atom. The molecule has 0 saturated heterocycles. The Hall–Kier alpha value is -2.25. The third-order valence-electron chi connectivity index (χ3n) is 2.91. The number of anilines is 3. The van der Waals surface area contributed by atoms with Crippen LogP contribution >= 0.6 is 11.3 Å².